The minimum absolute atomic E-state index is 0.105. The van der Waals surface area contributed by atoms with Crippen LogP contribution in [0.2, 0.25) is 5.02 Å². The summed E-state index contributed by atoms with van der Waals surface area (Å²) in [5, 5.41) is 2.97. The van der Waals surface area contributed by atoms with Crippen molar-refractivity contribution in [1.82, 2.24) is 15.1 Å². The summed E-state index contributed by atoms with van der Waals surface area (Å²) in [7, 11) is 3.25. The van der Waals surface area contributed by atoms with Crippen LogP contribution in [0.25, 0.3) is 0 Å². The number of piperazine rings is 1. The third kappa shape index (κ3) is 3.16. The van der Waals surface area contributed by atoms with Crippen molar-refractivity contribution in [2.45, 2.75) is 6.04 Å². The molecule has 0 bridgehead atoms. The molecule has 1 heterocycles. The van der Waals surface area contributed by atoms with Gasteiger partial charge < -0.3 is 15.1 Å². The van der Waals surface area contributed by atoms with E-state index in [0.29, 0.717) is 19.6 Å². The number of nitrogens with zero attached hydrogens (tertiary/aromatic N) is 2. The van der Waals surface area contributed by atoms with Crippen molar-refractivity contribution >= 4 is 23.4 Å². The van der Waals surface area contributed by atoms with Crippen LogP contribution in [0.5, 0.6) is 0 Å². The smallest absolute Gasteiger partial charge is 0.257 e. The highest BCUT2D eigenvalue weighted by atomic mass is 35.5. The van der Waals surface area contributed by atoms with Gasteiger partial charge in [0.2, 0.25) is 5.91 Å². The minimum atomic E-state index is -0.751. The molecule has 0 spiro atoms. The fourth-order valence-electron chi connectivity index (χ4n) is 2.29. The Morgan fingerprint density at radius 2 is 2.14 bits per heavy atom. The second-order valence-electron chi connectivity index (χ2n) is 5.05. The molecule has 1 aliphatic rings. The number of halogens is 2. The third-order valence-corrected chi connectivity index (χ3v) is 3.70. The van der Waals surface area contributed by atoms with Gasteiger partial charge in [-0.1, -0.05) is 17.7 Å². The van der Waals surface area contributed by atoms with E-state index >= 15 is 0 Å². The van der Waals surface area contributed by atoms with E-state index < -0.39 is 17.8 Å². The zero-order valence-electron chi connectivity index (χ0n) is 11.9. The van der Waals surface area contributed by atoms with Crippen LogP contribution in [0.4, 0.5) is 4.39 Å². The predicted molar refractivity (Wildman–Crippen MR) is 77.8 cm³/mol. The van der Waals surface area contributed by atoms with Gasteiger partial charge in [0.1, 0.15) is 6.04 Å². The Bertz CT molecular complexity index is 565. The van der Waals surface area contributed by atoms with E-state index in [1.807, 2.05) is 0 Å². The maximum Gasteiger partial charge on any atom is 0.257 e. The number of carbonyl (C=O) groups excluding carboxylic acids is 2. The predicted octanol–water partition coefficient (Wildman–Crippen LogP) is 0.981. The van der Waals surface area contributed by atoms with Crippen LogP contribution in [0.15, 0.2) is 18.2 Å². The van der Waals surface area contributed by atoms with E-state index in [2.05, 4.69) is 5.32 Å². The fourth-order valence-corrected chi connectivity index (χ4v) is 2.46. The van der Waals surface area contributed by atoms with E-state index in [-0.39, 0.29) is 16.5 Å². The molecule has 1 atom stereocenters. The molecule has 2 rings (SSSR count). The Morgan fingerprint density at radius 1 is 1.43 bits per heavy atom. The van der Waals surface area contributed by atoms with Crippen molar-refractivity contribution in [1.29, 1.82) is 0 Å². The van der Waals surface area contributed by atoms with Gasteiger partial charge in [0.05, 0.1) is 10.6 Å². The van der Waals surface area contributed by atoms with Crippen molar-refractivity contribution in [2.24, 2.45) is 0 Å². The fraction of sp³-hybridized carbons (Fsp3) is 0.429. The van der Waals surface area contributed by atoms with Crippen molar-refractivity contribution < 1.29 is 14.0 Å². The number of carbonyl (C=O) groups is 2. The zero-order chi connectivity index (χ0) is 15.6. The highest BCUT2D eigenvalue weighted by Gasteiger charge is 2.34. The number of hydrogen-bond donors (Lipinski definition) is 1. The standard InChI is InChI=1S/C14H17ClFN3O2/c1-18(2)14(21)11-8-17-6-7-19(11)13(20)9-4-3-5-10(15)12(9)16/h3-5,11,17H,6-8H2,1-2H3. The van der Waals surface area contributed by atoms with Crippen molar-refractivity contribution in [3.8, 4) is 0 Å². The zero-order valence-corrected chi connectivity index (χ0v) is 12.7. The maximum atomic E-state index is 14.0. The number of nitrogens with one attached hydrogen (secondary N) is 1. The lowest BCUT2D eigenvalue weighted by Gasteiger charge is -2.36. The number of likely N-dealkylation sites (N-methyl/N-ethyl adjacent to an activating group) is 1. The van der Waals surface area contributed by atoms with Gasteiger partial charge in [-0.25, -0.2) is 4.39 Å². The summed E-state index contributed by atoms with van der Waals surface area (Å²) < 4.78 is 14.0. The Kier molecular flexibility index (Phi) is 4.80. The molecule has 0 aliphatic carbocycles. The van der Waals surface area contributed by atoms with Gasteiger partial charge >= 0.3 is 0 Å². The Hall–Kier alpha value is -1.66. The summed E-state index contributed by atoms with van der Waals surface area (Å²) in [4.78, 5) is 27.5. The average Bonchev–Trinajstić information content (AvgIpc) is 2.48. The lowest BCUT2D eigenvalue weighted by atomic mass is 10.1. The highest BCUT2D eigenvalue weighted by Crippen LogP contribution is 2.21. The molecule has 0 aromatic heterocycles. The second-order valence-corrected chi connectivity index (χ2v) is 5.46. The highest BCUT2D eigenvalue weighted by molar-refractivity contribution is 6.31. The van der Waals surface area contributed by atoms with Gasteiger partial charge in [-0.15, -0.1) is 0 Å². The minimum Gasteiger partial charge on any atom is -0.347 e. The van der Waals surface area contributed by atoms with E-state index in [9.17, 15) is 14.0 Å². The first kappa shape index (κ1) is 15.7. The largest absolute Gasteiger partial charge is 0.347 e. The molecule has 21 heavy (non-hydrogen) atoms. The second kappa shape index (κ2) is 6.41. The molecule has 7 heteroatoms. The van der Waals surface area contributed by atoms with E-state index in [1.54, 1.807) is 14.1 Å². The summed E-state index contributed by atoms with van der Waals surface area (Å²) >= 11 is 5.71. The first-order valence-electron chi connectivity index (χ1n) is 6.60. The lowest BCUT2D eigenvalue weighted by molar-refractivity contribution is -0.134. The van der Waals surface area contributed by atoms with Crippen molar-refractivity contribution in [3.63, 3.8) is 0 Å². The van der Waals surface area contributed by atoms with Gasteiger partial charge in [0.25, 0.3) is 5.91 Å². The van der Waals surface area contributed by atoms with E-state index in [4.69, 9.17) is 11.6 Å². The topological polar surface area (TPSA) is 52.7 Å². The van der Waals surface area contributed by atoms with Crippen LogP contribution in [-0.4, -0.2) is 61.4 Å². The van der Waals surface area contributed by atoms with Crippen LogP contribution in [0.3, 0.4) is 0 Å². The van der Waals surface area contributed by atoms with Gasteiger partial charge in [0.15, 0.2) is 5.82 Å². The Labute approximate surface area is 127 Å². The quantitative estimate of drug-likeness (QED) is 0.885. The van der Waals surface area contributed by atoms with Crippen LogP contribution < -0.4 is 5.32 Å². The molecule has 1 aliphatic heterocycles. The van der Waals surface area contributed by atoms with Gasteiger partial charge in [-0.05, 0) is 12.1 Å². The first-order chi connectivity index (χ1) is 9.93. The third-order valence-electron chi connectivity index (χ3n) is 3.41. The van der Waals surface area contributed by atoms with E-state index in [1.165, 1.54) is 28.0 Å². The molecule has 1 N–H and O–H groups in total. The van der Waals surface area contributed by atoms with Crippen LogP contribution >= 0.6 is 11.6 Å². The van der Waals surface area contributed by atoms with Gasteiger partial charge in [0, 0.05) is 33.7 Å². The molecule has 5 nitrogen and oxygen atoms in total. The first-order valence-corrected chi connectivity index (χ1v) is 6.98. The molecule has 0 radical (unpaired) electrons. The summed E-state index contributed by atoms with van der Waals surface area (Å²) in [5.74, 6) is -1.46. The summed E-state index contributed by atoms with van der Waals surface area (Å²) in [6.07, 6.45) is 0. The molecule has 1 fully saturated rings. The molecular formula is C14H17ClFN3O2. The number of amides is 2. The van der Waals surface area contributed by atoms with Crippen LogP contribution in [0, 0.1) is 5.82 Å². The summed E-state index contributed by atoms with van der Waals surface area (Å²) in [5.41, 5.74) is -0.110. The summed E-state index contributed by atoms with van der Waals surface area (Å²) in [6, 6.07) is 3.64. The van der Waals surface area contributed by atoms with E-state index in [0.717, 1.165) is 0 Å². The van der Waals surface area contributed by atoms with Gasteiger partial charge in [-0.3, -0.25) is 9.59 Å². The Balaban J connectivity index is 2.31. The van der Waals surface area contributed by atoms with Crippen molar-refractivity contribution in [3.05, 3.63) is 34.6 Å². The molecule has 0 saturated carbocycles. The molecule has 114 valence electrons. The van der Waals surface area contributed by atoms with Crippen LogP contribution in [0.1, 0.15) is 10.4 Å². The number of rotatable bonds is 2. The molecular weight excluding hydrogens is 297 g/mol. The number of benzene rings is 1. The molecule has 2 amide bonds. The molecule has 1 aromatic carbocycles. The molecule has 1 unspecified atom stereocenters. The van der Waals surface area contributed by atoms with Crippen LogP contribution in [-0.2, 0) is 4.79 Å². The normalized spacial score (nSPS) is 18.5. The number of hydrogen-bond acceptors (Lipinski definition) is 3. The lowest BCUT2D eigenvalue weighted by Crippen LogP contribution is -2.59. The van der Waals surface area contributed by atoms with Gasteiger partial charge in [-0.2, -0.15) is 0 Å². The SMILES string of the molecule is CN(C)C(=O)C1CNCCN1C(=O)c1cccc(Cl)c1F. The summed E-state index contributed by atoms with van der Waals surface area (Å²) in [6.45, 7) is 1.26. The van der Waals surface area contributed by atoms with Crippen molar-refractivity contribution in [2.75, 3.05) is 33.7 Å². The molecule has 1 saturated heterocycles. The molecule has 1 aromatic rings. The average molecular weight is 314 g/mol. The Morgan fingerprint density at radius 3 is 2.81 bits per heavy atom. The monoisotopic (exact) mass is 313 g/mol. The maximum absolute atomic E-state index is 14.0.